The first-order valence-electron chi connectivity index (χ1n) is 10.6. The SMILES string of the molecule is Cc1sc2ncnc(N3CCC(C(=O)OC(C)C(=O)Nc4sccc4C(N)=O)CC3)c2c1C. The summed E-state index contributed by atoms with van der Waals surface area (Å²) in [5, 5.41) is 5.70. The van der Waals surface area contributed by atoms with Gasteiger partial charge in [0, 0.05) is 18.0 Å². The molecule has 0 bridgehead atoms. The van der Waals surface area contributed by atoms with Crippen LogP contribution in [0.4, 0.5) is 10.8 Å². The van der Waals surface area contributed by atoms with E-state index in [1.165, 1.54) is 34.8 Å². The Labute approximate surface area is 199 Å². The van der Waals surface area contributed by atoms with Crippen LogP contribution >= 0.6 is 22.7 Å². The van der Waals surface area contributed by atoms with Crippen LogP contribution in [0.1, 0.15) is 40.6 Å². The Hall–Kier alpha value is -3.05. The maximum atomic E-state index is 12.7. The van der Waals surface area contributed by atoms with Crippen molar-refractivity contribution in [2.45, 2.75) is 39.7 Å². The minimum absolute atomic E-state index is 0.231. The Morgan fingerprint density at radius 1 is 1.24 bits per heavy atom. The summed E-state index contributed by atoms with van der Waals surface area (Å²) in [7, 11) is 0. The van der Waals surface area contributed by atoms with Crippen molar-refractivity contribution in [3.05, 3.63) is 33.8 Å². The second kappa shape index (κ2) is 9.44. The first-order valence-corrected chi connectivity index (χ1v) is 12.3. The molecule has 1 aliphatic rings. The molecule has 0 aromatic carbocycles. The third kappa shape index (κ3) is 4.69. The van der Waals surface area contributed by atoms with Gasteiger partial charge in [0.05, 0.1) is 16.9 Å². The molecule has 33 heavy (non-hydrogen) atoms. The van der Waals surface area contributed by atoms with Crippen LogP contribution in [-0.2, 0) is 14.3 Å². The fourth-order valence-corrected chi connectivity index (χ4v) is 5.65. The number of nitrogens with two attached hydrogens (primary N) is 1. The van der Waals surface area contributed by atoms with E-state index < -0.39 is 23.9 Å². The highest BCUT2D eigenvalue weighted by atomic mass is 32.1. The maximum absolute atomic E-state index is 12.7. The number of amides is 2. The van der Waals surface area contributed by atoms with Crippen molar-refractivity contribution in [1.82, 2.24) is 9.97 Å². The highest BCUT2D eigenvalue weighted by Gasteiger charge is 2.30. The molecule has 3 aromatic heterocycles. The maximum Gasteiger partial charge on any atom is 0.309 e. The molecule has 1 atom stereocenters. The number of piperidine rings is 1. The number of aryl methyl sites for hydroxylation is 2. The quantitative estimate of drug-likeness (QED) is 0.511. The number of rotatable bonds is 6. The van der Waals surface area contributed by atoms with E-state index in [0.29, 0.717) is 30.9 Å². The van der Waals surface area contributed by atoms with Crippen molar-refractivity contribution in [3.8, 4) is 0 Å². The number of nitrogens with zero attached hydrogens (tertiary/aromatic N) is 3. The van der Waals surface area contributed by atoms with Crippen molar-refractivity contribution < 1.29 is 19.1 Å². The van der Waals surface area contributed by atoms with Crippen LogP contribution in [0.3, 0.4) is 0 Å². The first-order chi connectivity index (χ1) is 15.8. The van der Waals surface area contributed by atoms with Gasteiger partial charge in [-0.1, -0.05) is 0 Å². The molecule has 1 fully saturated rings. The second-order valence-electron chi connectivity index (χ2n) is 8.02. The van der Waals surface area contributed by atoms with E-state index in [1.807, 2.05) is 0 Å². The molecule has 3 aromatic rings. The van der Waals surface area contributed by atoms with Crippen LogP contribution in [-0.4, -0.2) is 46.9 Å². The summed E-state index contributed by atoms with van der Waals surface area (Å²) in [6, 6.07) is 1.54. The number of carbonyl (C=O) groups is 3. The molecular weight excluding hydrogens is 462 g/mol. The highest BCUT2D eigenvalue weighted by Crippen LogP contribution is 2.35. The molecule has 0 aliphatic carbocycles. The molecule has 1 unspecified atom stereocenters. The van der Waals surface area contributed by atoms with Crippen molar-refractivity contribution in [1.29, 1.82) is 0 Å². The summed E-state index contributed by atoms with van der Waals surface area (Å²) in [5.74, 6) is -0.909. The number of hydrogen-bond donors (Lipinski definition) is 2. The summed E-state index contributed by atoms with van der Waals surface area (Å²) < 4.78 is 5.43. The largest absolute Gasteiger partial charge is 0.452 e. The van der Waals surface area contributed by atoms with Gasteiger partial charge >= 0.3 is 5.97 Å². The zero-order chi connectivity index (χ0) is 23.7. The Bertz CT molecular complexity index is 1210. The molecule has 4 heterocycles. The van der Waals surface area contributed by atoms with Gasteiger partial charge in [-0.25, -0.2) is 9.97 Å². The Morgan fingerprint density at radius 3 is 2.67 bits per heavy atom. The lowest BCUT2D eigenvalue weighted by Gasteiger charge is -2.32. The molecule has 2 amide bonds. The lowest BCUT2D eigenvalue weighted by atomic mass is 9.96. The average molecular weight is 488 g/mol. The zero-order valence-electron chi connectivity index (χ0n) is 18.6. The minimum Gasteiger partial charge on any atom is -0.452 e. The van der Waals surface area contributed by atoms with Gasteiger partial charge in [0.15, 0.2) is 6.10 Å². The van der Waals surface area contributed by atoms with E-state index in [9.17, 15) is 14.4 Å². The number of primary amides is 1. The molecule has 3 N–H and O–H groups in total. The standard InChI is InChI=1S/C22H25N5O4S2/c1-11-13(3)33-21-16(11)18(24-10-25-21)27-7-4-14(5-8-27)22(30)31-12(2)19(29)26-20-15(17(23)28)6-9-32-20/h6,9-10,12,14H,4-5,7-8H2,1-3H3,(H2,23,28)(H,26,29). The molecular formula is C22H25N5O4S2. The normalized spacial score (nSPS) is 15.4. The predicted octanol–water partition coefficient (Wildman–Crippen LogP) is 3.26. The van der Waals surface area contributed by atoms with Gasteiger partial charge in [-0.3, -0.25) is 14.4 Å². The van der Waals surface area contributed by atoms with E-state index >= 15 is 0 Å². The van der Waals surface area contributed by atoms with Crippen LogP contribution in [0.15, 0.2) is 17.8 Å². The van der Waals surface area contributed by atoms with Gasteiger partial charge in [0.2, 0.25) is 0 Å². The summed E-state index contributed by atoms with van der Waals surface area (Å²) in [6.45, 7) is 7.01. The highest BCUT2D eigenvalue weighted by molar-refractivity contribution is 7.18. The third-order valence-electron chi connectivity index (χ3n) is 5.90. The molecule has 9 nitrogen and oxygen atoms in total. The molecule has 1 saturated heterocycles. The minimum atomic E-state index is -0.990. The van der Waals surface area contributed by atoms with Crippen LogP contribution in [0.25, 0.3) is 10.2 Å². The summed E-state index contributed by atoms with van der Waals surface area (Å²) >= 11 is 2.84. The summed E-state index contributed by atoms with van der Waals surface area (Å²) in [5.41, 5.74) is 6.72. The van der Waals surface area contributed by atoms with E-state index in [0.717, 1.165) is 16.0 Å². The monoisotopic (exact) mass is 487 g/mol. The van der Waals surface area contributed by atoms with E-state index in [2.05, 4.69) is 34.0 Å². The first kappa shape index (κ1) is 23.1. The summed E-state index contributed by atoms with van der Waals surface area (Å²) in [4.78, 5) is 49.9. The lowest BCUT2D eigenvalue weighted by Crippen LogP contribution is -2.39. The summed E-state index contributed by atoms with van der Waals surface area (Å²) in [6.07, 6.45) is 1.82. The topological polar surface area (TPSA) is 128 Å². The van der Waals surface area contributed by atoms with Gasteiger partial charge in [-0.15, -0.1) is 22.7 Å². The number of hydrogen-bond acceptors (Lipinski definition) is 9. The molecule has 1 aliphatic heterocycles. The van der Waals surface area contributed by atoms with Gasteiger partial charge in [0.1, 0.15) is 22.0 Å². The van der Waals surface area contributed by atoms with E-state index in [4.69, 9.17) is 10.5 Å². The number of esters is 1. The zero-order valence-corrected chi connectivity index (χ0v) is 20.2. The van der Waals surface area contributed by atoms with Crippen LogP contribution in [0, 0.1) is 19.8 Å². The van der Waals surface area contributed by atoms with Gasteiger partial charge < -0.3 is 20.7 Å². The number of ether oxygens (including phenoxy) is 1. The van der Waals surface area contributed by atoms with Crippen molar-refractivity contribution in [2.75, 3.05) is 23.3 Å². The Balaban J connectivity index is 1.34. The number of fused-ring (bicyclic) bond motifs is 1. The van der Waals surface area contributed by atoms with Crippen LogP contribution in [0.2, 0.25) is 0 Å². The van der Waals surface area contributed by atoms with Crippen molar-refractivity contribution in [2.24, 2.45) is 11.7 Å². The number of nitrogens with one attached hydrogen (secondary N) is 1. The lowest BCUT2D eigenvalue weighted by molar-refractivity contribution is -0.157. The molecule has 11 heteroatoms. The second-order valence-corrected chi connectivity index (χ2v) is 10.1. The van der Waals surface area contributed by atoms with Crippen LogP contribution < -0.4 is 16.0 Å². The smallest absolute Gasteiger partial charge is 0.309 e. The van der Waals surface area contributed by atoms with Gasteiger partial charge in [0.25, 0.3) is 11.8 Å². The molecule has 0 saturated carbocycles. The third-order valence-corrected chi connectivity index (χ3v) is 7.85. The van der Waals surface area contributed by atoms with Gasteiger partial charge in [-0.2, -0.15) is 0 Å². The predicted molar refractivity (Wildman–Crippen MR) is 129 cm³/mol. The molecule has 0 radical (unpaired) electrons. The number of anilines is 2. The Morgan fingerprint density at radius 2 is 1.97 bits per heavy atom. The molecule has 174 valence electrons. The number of thiophene rings is 2. The van der Waals surface area contributed by atoms with Crippen molar-refractivity contribution in [3.63, 3.8) is 0 Å². The molecule has 4 rings (SSSR count). The Kier molecular flexibility index (Phi) is 6.61. The number of carbonyl (C=O) groups excluding carboxylic acids is 3. The van der Waals surface area contributed by atoms with Crippen LogP contribution in [0.5, 0.6) is 0 Å². The van der Waals surface area contributed by atoms with E-state index in [-0.39, 0.29) is 11.5 Å². The molecule has 0 spiro atoms. The van der Waals surface area contributed by atoms with E-state index in [1.54, 1.807) is 23.0 Å². The fraction of sp³-hybridized carbons (Fsp3) is 0.409. The number of aromatic nitrogens is 2. The van der Waals surface area contributed by atoms with Crippen molar-refractivity contribution >= 4 is 61.5 Å². The van der Waals surface area contributed by atoms with Gasteiger partial charge in [-0.05, 0) is 50.6 Å². The average Bonchev–Trinajstić information content (AvgIpc) is 3.38. The fourth-order valence-electron chi connectivity index (χ4n) is 3.87.